The highest BCUT2D eigenvalue weighted by atomic mass is 35.5. The number of nitrogens with one attached hydrogen (secondary N) is 1. The molecule has 0 aromatic heterocycles. The Balaban J connectivity index is 2.51. The maximum atomic E-state index is 5.79. The Morgan fingerprint density at radius 2 is 2.00 bits per heavy atom. The van der Waals surface area contributed by atoms with Crippen molar-refractivity contribution in [3.05, 3.63) is 46.5 Å². The zero-order chi connectivity index (χ0) is 10.4. The molecule has 0 aliphatic rings. The highest BCUT2D eigenvalue weighted by Gasteiger charge is 2.02. The van der Waals surface area contributed by atoms with Gasteiger partial charge in [-0.1, -0.05) is 41.4 Å². The lowest BCUT2D eigenvalue weighted by Crippen LogP contribution is -2.18. The number of hydrogen-bond donors (Lipinski definition) is 1. The van der Waals surface area contributed by atoms with Gasteiger partial charge >= 0.3 is 0 Å². The highest BCUT2D eigenvalue weighted by Crippen LogP contribution is 2.15. The first-order valence-electron chi connectivity index (χ1n) is 4.48. The third-order valence-corrected chi connectivity index (χ3v) is 2.43. The lowest BCUT2D eigenvalue weighted by atomic mass is 10.1. The first-order valence-corrected chi connectivity index (χ1v) is 5.29. The van der Waals surface area contributed by atoms with Crippen LogP contribution in [0.25, 0.3) is 0 Å². The molecule has 0 saturated carbocycles. The van der Waals surface area contributed by atoms with E-state index in [0.29, 0.717) is 6.04 Å². The summed E-state index contributed by atoms with van der Waals surface area (Å²) in [5.74, 6) is 0. The maximum Gasteiger partial charge on any atom is 0.0406 e. The van der Waals surface area contributed by atoms with Crippen molar-refractivity contribution in [2.75, 3.05) is 6.54 Å². The van der Waals surface area contributed by atoms with Crippen molar-refractivity contribution in [1.29, 1.82) is 0 Å². The van der Waals surface area contributed by atoms with Crippen LogP contribution in [0.2, 0.25) is 5.02 Å². The number of hydrogen-bond acceptors (Lipinski definition) is 1. The van der Waals surface area contributed by atoms with Crippen LogP contribution in [-0.4, -0.2) is 6.54 Å². The van der Waals surface area contributed by atoms with Crippen molar-refractivity contribution >= 4 is 23.2 Å². The van der Waals surface area contributed by atoms with Gasteiger partial charge in [-0.25, -0.2) is 0 Å². The van der Waals surface area contributed by atoms with E-state index in [-0.39, 0.29) is 0 Å². The van der Waals surface area contributed by atoms with E-state index in [1.165, 1.54) is 11.1 Å². The van der Waals surface area contributed by atoms with Gasteiger partial charge in [0.1, 0.15) is 0 Å². The summed E-state index contributed by atoms with van der Waals surface area (Å²) in [6, 6.07) is 8.13. The molecule has 0 radical (unpaired) electrons. The summed E-state index contributed by atoms with van der Waals surface area (Å²) in [4.78, 5) is 0. The van der Waals surface area contributed by atoms with E-state index in [9.17, 15) is 0 Å². The molecule has 1 N–H and O–H groups in total. The van der Waals surface area contributed by atoms with Crippen molar-refractivity contribution in [2.45, 2.75) is 13.0 Å². The van der Waals surface area contributed by atoms with Gasteiger partial charge in [0.2, 0.25) is 0 Å². The van der Waals surface area contributed by atoms with Crippen LogP contribution in [0.15, 0.2) is 35.9 Å². The van der Waals surface area contributed by atoms with Gasteiger partial charge in [-0.05, 0) is 24.6 Å². The molecule has 0 heterocycles. The van der Waals surface area contributed by atoms with Crippen molar-refractivity contribution in [3.63, 3.8) is 0 Å². The average molecular weight is 230 g/mol. The Hall–Kier alpha value is -0.500. The molecule has 1 aromatic rings. The third kappa shape index (κ3) is 3.70. The normalized spacial score (nSPS) is 13.4. The molecule has 76 valence electrons. The molecular weight excluding hydrogens is 217 g/mol. The van der Waals surface area contributed by atoms with E-state index in [0.717, 1.165) is 11.6 Å². The predicted octanol–water partition coefficient (Wildman–Crippen LogP) is 3.74. The summed E-state index contributed by atoms with van der Waals surface area (Å²) in [5, 5.41) is 4.07. The Kier molecular flexibility index (Phi) is 5.02. The van der Waals surface area contributed by atoms with Crippen molar-refractivity contribution in [2.24, 2.45) is 0 Å². The van der Waals surface area contributed by atoms with Crippen LogP contribution in [0.4, 0.5) is 0 Å². The van der Waals surface area contributed by atoms with Crippen LogP contribution in [0.3, 0.4) is 0 Å². The van der Waals surface area contributed by atoms with Gasteiger partial charge < -0.3 is 5.32 Å². The van der Waals surface area contributed by atoms with Crippen LogP contribution in [-0.2, 0) is 0 Å². The number of benzene rings is 1. The lowest BCUT2D eigenvalue weighted by molar-refractivity contribution is 0.617. The second-order valence-corrected chi connectivity index (χ2v) is 3.73. The highest BCUT2D eigenvalue weighted by molar-refractivity contribution is 6.30. The number of halogens is 2. The van der Waals surface area contributed by atoms with Gasteiger partial charge in [0.05, 0.1) is 0 Å². The van der Waals surface area contributed by atoms with Gasteiger partial charge in [0.15, 0.2) is 0 Å². The SMILES string of the molecule is CC(NC/C=C/Cl)c1ccc(Cl)cc1. The Labute approximate surface area is 94.7 Å². The molecular formula is C11H13Cl2N. The van der Waals surface area contributed by atoms with Crippen LogP contribution in [0, 0.1) is 0 Å². The smallest absolute Gasteiger partial charge is 0.0406 e. The van der Waals surface area contributed by atoms with Gasteiger partial charge in [-0.3, -0.25) is 0 Å². The van der Waals surface area contributed by atoms with Gasteiger partial charge in [-0.15, -0.1) is 0 Å². The minimum Gasteiger partial charge on any atom is -0.307 e. The van der Waals surface area contributed by atoms with Gasteiger partial charge in [0, 0.05) is 23.1 Å². The molecule has 0 saturated heterocycles. The molecule has 0 fully saturated rings. The summed E-state index contributed by atoms with van der Waals surface area (Å²) >= 11 is 11.2. The standard InChI is InChI=1S/C11H13Cl2N/c1-9(14-8-2-7-12)10-3-5-11(13)6-4-10/h2-7,9,14H,8H2,1H3/b7-2+. The topological polar surface area (TPSA) is 12.0 Å². The summed E-state index contributed by atoms with van der Waals surface area (Å²) in [7, 11) is 0. The molecule has 0 aliphatic heterocycles. The fraction of sp³-hybridized carbons (Fsp3) is 0.273. The molecule has 14 heavy (non-hydrogen) atoms. The first-order chi connectivity index (χ1) is 6.74. The zero-order valence-corrected chi connectivity index (χ0v) is 9.52. The Morgan fingerprint density at radius 1 is 1.36 bits per heavy atom. The van der Waals surface area contributed by atoms with Crippen LogP contribution >= 0.6 is 23.2 Å². The molecule has 0 spiro atoms. The van der Waals surface area contributed by atoms with Crippen LogP contribution < -0.4 is 5.32 Å². The zero-order valence-electron chi connectivity index (χ0n) is 8.00. The second kappa shape index (κ2) is 6.07. The first kappa shape index (κ1) is 11.6. The quantitative estimate of drug-likeness (QED) is 0.830. The molecule has 3 heteroatoms. The van der Waals surface area contributed by atoms with E-state index in [1.54, 1.807) is 0 Å². The molecule has 1 aromatic carbocycles. The molecule has 1 rings (SSSR count). The summed E-state index contributed by atoms with van der Waals surface area (Å²) in [5.41, 5.74) is 2.74. The summed E-state index contributed by atoms with van der Waals surface area (Å²) in [6.07, 6.45) is 1.87. The van der Waals surface area contributed by atoms with Crippen LogP contribution in [0.1, 0.15) is 18.5 Å². The molecule has 1 nitrogen and oxygen atoms in total. The monoisotopic (exact) mass is 229 g/mol. The Bertz CT molecular complexity index is 293. The second-order valence-electron chi connectivity index (χ2n) is 3.04. The molecule has 0 amide bonds. The fourth-order valence-corrected chi connectivity index (χ4v) is 1.37. The summed E-state index contributed by atoms with van der Waals surface area (Å²) < 4.78 is 0. The molecule has 1 atom stereocenters. The largest absolute Gasteiger partial charge is 0.307 e. The van der Waals surface area contributed by atoms with Crippen molar-refractivity contribution < 1.29 is 0 Å². The molecule has 0 aliphatic carbocycles. The average Bonchev–Trinajstić information content (AvgIpc) is 2.19. The minimum absolute atomic E-state index is 0.306. The van der Waals surface area contributed by atoms with Crippen molar-refractivity contribution in [1.82, 2.24) is 5.32 Å². The maximum absolute atomic E-state index is 5.79. The van der Waals surface area contributed by atoms with Crippen molar-refractivity contribution in [3.8, 4) is 0 Å². The van der Waals surface area contributed by atoms with Gasteiger partial charge in [0.25, 0.3) is 0 Å². The van der Waals surface area contributed by atoms with Gasteiger partial charge in [-0.2, -0.15) is 0 Å². The summed E-state index contributed by atoms with van der Waals surface area (Å²) in [6.45, 7) is 2.87. The van der Waals surface area contributed by atoms with Crippen LogP contribution in [0.5, 0.6) is 0 Å². The molecule has 0 bridgehead atoms. The number of rotatable bonds is 4. The fourth-order valence-electron chi connectivity index (χ4n) is 1.16. The Morgan fingerprint density at radius 3 is 2.57 bits per heavy atom. The van der Waals surface area contributed by atoms with E-state index in [2.05, 4.69) is 12.2 Å². The minimum atomic E-state index is 0.306. The lowest BCUT2D eigenvalue weighted by Gasteiger charge is -2.12. The van der Waals surface area contributed by atoms with E-state index >= 15 is 0 Å². The third-order valence-electron chi connectivity index (χ3n) is 2.00. The van der Waals surface area contributed by atoms with E-state index in [4.69, 9.17) is 23.2 Å². The molecule has 1 unspecified atom stereocenters. The van der Waals surface area contributed by atoms with E-state index < -0.39 is 0 Å². The predicted molar refractivity (Wildman–Crippen MR) is 62.9 cm³/mol. The van der Waals surface area contributed by atoms with E-state index in [1.807, 2.05) is 30.3 Å².